The van der Waals surface area contributed by atoms with Crippen LogP contribution in [-0.2, 0) is 25.9 Å². The minimum absolute atomic E-state index is 0.773. The molecule has 0 N–H and O–H groups in total. The van der Waals surface area contributed by atoms with Gasteiger partial charge in [0.25, 0.3) is 0 Å². The van der Waals surface area contributed by atoms with E-state index in [1.165, 1.54) is 5.56 Å². The molecule has 0 saturated heterocycles. The van der Waals surface area contributed by atoms with Crippen LogP contribution < -0.4 is 0 Å². The number of pyridine rings is 1. The van der Waals surface area contributed by atoms with Crippen molar-refractivity contribution in [2.24, 2.45) is 0 Å². The Kier molecular flexibility index (Phi) is 3.75. The van der Waals surface area contributed by atoms with Crippen LogP contribution in [0.4, 0.5) is 0 Å². The topological polar surface area (TPSA) is 57.2 Å². The zero-order valence-corrected chi connectivity index (χ0v) is 13.7. The van der Waals surface area contributed by atoms with Gasteiger partial charge >= 0.3 is 0 Å². The lowest BCUT2D eigenvalue weighted by molar-refractivity contribution is 0.240. The van der Waals surface area contributed by atoms with E-state index in [9.17, 15) is 5.26 Å². The van der Waals surface area contributed by atoms with Crippen LogP contribution in [0, 0.1) is 11.3 Å². The molecule has 0 fully saturated rings. The Morgan fingerprint density at radius 3 is 3.08 bits per heavy atom. The number of aromatic nitrogens is 3. The highest BCUT2D eigenvalue weighted by atomic mass is 15.1. The first-order chi connectivity index (χ1) is 11.8. The molecule has 0 bridgehead atoms. The summed E-state index contributed by atoms with van der Waals surface area (Å²) in [5.41, 5.74) is 5.22. The molecule has 1 aliphatic heterocycles. The third-order valence-corrected chi connectivity index (χ3v) is 4.66. The first-order valence-electron chi connectivity index (χ1n) is 8.33. The Morgan fingerprint density at radius 2 is 2.25 bits per heavy atom. The van der Waals surface area contributed by atoms with Crippen LogP contribution in [0.15, 0.2) is 36.8 Å². The SMILES string of the molecule is CCc1ncc2c(n1)CN(Cc1cn3ccccc3c1C#N)CC2. The molecule has 0 unspecified atom stereocenters. The molecule has 0 spiro atoms. The zero-order valence-electron chi connectivity index (χ0n) is 13.7. The third-order valence-electron chi connectivity index (χ3n) is 4.66. The number of nitrogens with zero attached hydrogens (tertiary/aromatic N) is 5. The van der Waals surface area contributed by atoms with Crippen LogP contribution in [0.3, 0.4) is 0 Å². The second-order valence-electron chi connectivity index (χ2n) is 6.21. The summed E-state index contributed by atoms with van der Waals surface area (Å²) in [7, 11) is 0. The Balaban J connectivity index is 1.61. The van der Waals surface area contributed by atoms with Crippen molar-refractivity contribution in [2.45, 2.75) is 32.9 Å². The molecule has 0 aliphatic carbocycles. The molecule has 1 aliphatic rings. The molecular weight excluding hydrogens is 298 g/mol. The maximum absolute atomic E-state index is 9.56. The molecular formula is C19H19N5. The monoisotopic (exact) mass is 317 g/mol. The molecule has 5 heteroatoms. The van der Waals surface area contributed by atoms with E-state index in [0.717, 1.165) is 60.6 Å². The molecule has 0 saturated carbocycles. The van der Waals surface area contributed by atoms with Crippen LogP contribution >= 0.6 is 0 Å². The van der Waals surface area contributed by atoms with Gasteiger partial charge in [0.1, 0.15) is 11.9 Å². The lowest BCUT2D eigenvalue weighted by atomic mass is 10.1. The predicted molar refractivity (Wildman–Crippen MR) is 91.3 cm³/mol. The van der Waals surface area contributed by atoms with Crippen molar-refractivity contribution in [2.75, 3.05) is 6.54 Å². The van der Waals surface area contributed by atoms with E-state index >= 15 is 0 Å². The van der Waals surface area contributed by atoms with Gasteiger partial charge in [-0.25, -0.2) is 9.97 Å². The summed E-state index contributed by atoms with van der Waals surface area (Å²) in [5, 5.41) is 9.56. The van der Waals surface area contributed by atoms with Gasteiger partial charge in [-0.15, -0.1) is 0 Å². The summed E-state index contributed by atoms with van der Waals surface area (Å²) < 4.78 is 2.03. The van der Waals surface area contributed by atoms with Crippen molar-refractivity contribution in [1.29, 1.82) is 5.26 Å². The maximum Gasteiger partial charge on any atom is 0.128 e. The van der Waals surface area contributed by atoms with Gasteiger partial charge in [0.15, 0.2) is 0 Å². The summed E-state index contributed by atoms with van der Waals surface area (Å²) in [6.07, 6.45) is 7.87. The Morgan fingerprint density at radius 1 is 1.33 bits per heavy atom. The number of hydrogen-bond donors (Lipinski definition) is 0. The number of rotatable bonds is 3. The van der Waals surface area contributed by atoms with E-state index in [2.05, 4.69) is 34.1 Å². The van der Waals surface area contributed by atoms with Gasteiger partial charge in [-0.3, -0.25) is 4.90 Å². The van der Waals surface area contributed by atoms with Crippen molar-refractivity contribution in [1.82, 2.24) is 19.3 Å². The average Bonchev–Trinajstić information content (AvgIpc) is 2.98. The van der Waals surface area contributed by atoms with E-state index in [0.29, 0.717) is 0 Å². The number of aryl methyl sites for hydroxylation is 1. The molecule has 3 aromatic rings. The molecule has 0 aromatic carbocycles. The van der Waals surface area contributed by atoms with E-state index in [1.54, 1.807) is 0 Å². The van der Waals surface area contributed by atoms with Crippen molar-refractivity contribution >= 4 is 5.52 Å². The van der Waals surface area contributed by atoms with Crippen LogP contribution in [0.25, 0.3) is 5.52 Å². The highest BCUT2D eigenvalue weighted by Crippen LogP contribution is 2.23. The van der Waals surface area contributed by atoms with Crippen LogP contribution in [0.2, 0.25) is 0 Å². The summed E-state index contributed by atoms with van der Waals surface area (Å²) in [6, 6.07) is 8.32. The maximum atomic E-state index is 9.56. The second-order valence-corrected chi connectivity index (χ2v) is 6.21. The zero-order chi connectivity index (χ0) is 16.5. The average molecular weight is 317 g/mol. The molecule has 0 atom stereocenters. The molecule has 5 nitrogen and oxygen atoms in total. The van der Waals surface area contributed by atoms with E-state index in [-0.39, 0.29) is 0 Å². The van der Waals surface area contributed by atoms with Crippen LogP contribution in [-0.4, -0.2) is 25.8 Å². The highest BCUT2D eigenvalue weighted by molar-refractivity contribution is 5.65. The van der Waals surface area contributed by atoms with Gasteiger partial charge in [-0.1, -0.05) is 13.0 Å². The molecule has 4 heterocycles. The van der Waals surface area contributed by atoms with Crippen molar-refractivity contribution in [3.63, 3.8) is 0 Å². The van der Waals surface area contributed by atoms with Crippen molar-refractivity contribution in [3.05, 3.63) is 65.0 Å². The predicted octanol–water partition coefficient (Wildman–Crippen LogP) is 2.72. The summed E-state index contributed by atoms with van der Waals surface area (Å²) in [6.45, 7) is 4.64. The Labute approximate surface area is 141 Å². The van der Waals surface area contributed by atoms with Crippen LogP contribution in [0.1, 0.15) is 35.1 Å². The first kappa shape index (κ1) is 14.9. The third kappa shape index (κ3) is 2.55. The molecule has 24 heavy (non-hydrogen) atoms. The van der Waals surface area contributed by atoms with Gasteiger partial charge in [0.05, 0.1) is 16.8 Å². The number of hydrogen-bond acceptors (Lipinski definition) is 4. The van der Waals surface area contributed by atoms with Gasteiger partial charge in [-0.2, -0.15) is 5.26 Å². The molecule has 4 rings (SSSR count). The largest absolute Gasteiger partial charge is 0.322 e. The minimum atomic E-state index is 0.773. The normalized spacial score (nSPS) is 14.5. The Hall–Kier alpha value is -2.71. The van der Waals surface area contributed by atoms with E-state index in [1.807, 2.05) is 35.0 Å². The fourth-order valence-electron chi connectivity index (χ4n) is 3.37. The number of fused-ring (bicyclic) bond motifs is 2. The second kappa shape index (κ2) is 6.06. The summed E-state index contributed by atoms with van der Waals surface area (Å²) in [5.74, 6) is 0.905. The van der Waals surface area contributed by atoms with E-state index < -0.39 is 0 Å². The molecule has 0 radical (unpaired) electrons. The highest BCUT2D eigenvalue weighted by Gasteiger charge is 2.20. The fraction of sp³-hybridized carbons (Fsp3) is 0.316. The lowest BCUT2D eigenvalue weighted by Gasteiger charge is -2.27. The molecule has 0 amide bonds. The standard InChI is InChI=1S/C19H19N5/c1-2-19-21-10-14-6-8-23(13-17(14)22-19)11-15-12-24-7-4-3-5-18(24)16(15)9-20/h3-5,7,10,12H,2,6,8,11,13H2,1H3. The lowest BCUT2D eigenvalue weighted by Crippen LogP contribution is -2.31. The van der Waals surface area contributed by atoms with E-state index in [4.69, 9.17) is 0 Å². The quantitative estimate of drug-likeness (QED) is 0.745. The minimum Gasteiger partial charge on any atom is -0.322 e. The van der Waals surface area contributed by atoms with Gasteiger partial charge < -0.3 is 4.40 Å². The van der Waals surface area contributed by atoms with Crippen molar-refractivity contribution < 1.29 is 0 Å². The van der Waals surface area contributed by atoms with Gasteiger partial charge in [0, 0.05) is 50.2 Å². The first-order valence-corrected chi connectivity index (χ1v) is 8.33. The van der Waals surface area contributed by atoms with Crippen molar-refractivity contribution in [3.8, 4) is 6.07 Å². The Bertz CT molecular complexity index is 935. The van der Waals surface area contributed by atoms with Gasteiger partial charge in [-0.05, 0) is 24.1 Å². The smallest absolute Gasteiger partial charge is 0.128 e. The fourth-order valence-corrected chi connectivity index (χ4v) is 3.37. The molecule has 120 valence electrons. The van der Waals surface area contributed by atoms with Gasteiger partial charge in [0.2, 0.25) is 0 Å². The summed E-state index contributed by atoms with van der Waals surface area (Å²) >= 11 is 0. The van der Waals surface area contributed by atoms with Crippen LogP contribution in [0.5, 0.6) is 0 Å². The summed E-state index contributed by atoms with van der Waals surface area (Å²) in [4.78, 5) is 11.5. The number of nitriles is 1. The molecule has 3 aromatic heterocycles.